The van der Waals surface area contributed by atoms with Crippen molar-refractivity contribution in [2.45, 2.75) is 50.7 Å². The van der Waals surface area contributed by atoms with Gasteiger partial charge in [-0.15, -0.1) is 0 Å². The first-order valence-electron chi connectivity index (χ1n) is 7.41. The molecule has 0 amide bonds. The van der Waals surface area contributed by atoms with Crippen molar-refractivity contribution in [3.63, 3.8) is 0 Å². The number of halogens is 2. The van der Waals surface area contributed by atoms with Crippen LogP contribution in [0.2, 0.25) is 0 Å². The Morgan fingerprint density at radius 1 is 1.20 bits per heavy atom. The number of aliphatic hydroxyl groups is 1. The zero-order valence-electron chi connectivity index (χ0n) is 12.0. The summed E-state index contributed by atoms with van der Waals surface area (Å²) in [6.45, 7) is 0.769. The second-order valence-corrected chi connectivity index (χ2v) is 5.75. The Labute approximate surface area is 119 Å². The van der Waals surface area contributed by atoms with Gasteiger partial charge in [-0.25, -0.2) is 8.78 Å². The molecular formula is C16H23F2NO. The van der Waals surface area contributed by atoms with E-state index in [1.807, 2.05) is 0 Å². The third-order valence-electron chi connectivity index (χ3n) is 4.28. The molecule has 1 atom stereocenters. The molecule has 20 heavy (non-hydrogen) atoms. The zero-order valence-corrected chi connectivity index (χ0v) is 12.0. The molecule has 0 aliphatic heterocycles. The zero-order chi connectivity index (χ0) is 14.5. The van der Waals surface area contributed by atoms with E-state index in [4.69, 9.17) is 0 Å². The smallest absolute Gasteiger partial charge is 0.159 e. The minimum Gasteiger partial charge on any atom is -0.388 e. The van der Waals surface area contributed by atoms with Crippen molar-refractivity contribution < 1.29 is 13.9 Å². The SMILES string of the molecule is CN(CCC(O)c1ccc(F)c(F)c1)C1CCCCC1. The van der Waals surface area contributed by atoms with Crippen LogP contribution in [0.1, 0.15) is 50.2 Å². The Morgan fingerprint density at radius 3 is 2.55 bits per heavy atom. The summed E-state index contributed by atoms with van der Waals surface area (Å²) in [4.78, 5) is 2.28. The van der Waals surface area contributed by atoms with Gasteiger partial charge in [0.15, 0.2) is 11.6 Å². The van der Waals surface area contributed by atoms with Crippen LogP contribution in [0.3, 0.4) is 0 Å². The first-order chi connectivity index (χ1) is 9.58. The predicted octanol–water partition coefficient (Wildman–Crippen LogP) is 3.65. The van der Waals surface area contributed by atoms with E-state index in [1.165, 1.54) is 38.2 Å². The molecule has 1 aromatic rings. The van der Waals surface area contributed by atoms with Crippen LogP contribution in [0.25, 0.3) is 0 Å². The Balaban J connectivity index is 1.84. The van der Waals surface area contributed by atoms with Gasteiger partial charge in [-0.2, -0.15) is 0 Å². The van der Waals surface area contributed by atoms with E-state index < -0.39 is 17.7 Å². The molecule has 0 heterocycles. The molecule has 2 nitrogen and oxygen atoms in total. The number of hydrogen-bond donors (Lipinski definition) is 1. The van der Waals surface area contributed by atoms with Crippen molar-refractivity contribution in [1.82, 2.24) is 4.90 Å². The summed E-state index contributed by atoms with van der Waals surface area (Å²) in [5.41, 5.74) is 0.445. The van der Waals surface area contributed by atoms with Crippen LogP contribution >= 0.6 is 0 Å². The van der Waals surface area contributed by atoms with E-state index in [9.17, 15) is 13.9 Å². The van der Waals surface area contributed by atoms with Crippen LogP contribution < -0.4 is 0 Å². The maximum Gasteiger partial charge on any atom is 0.159 e. The number of aliphatic hydroxyl groups excluding tert-OH is 1. The third kappa shape index (κ3) is 4.00. The molecule has 0 spiro atoms. The van der Waals surface area contributed by atoms with Crippen molar-refractivity contribution in [3.05, 3.63) is 35.4 Å². The largest absolute Gasteiger partial charge is 0.388 e. The second-order valence-electron chi connectivity index (χ2n) is 5.75. The van der Waals surface area contributed by atoms with Crippen LogP contribution in [-0.2, 0) is 0 Å². The molecule has 0 bridgehead atoms. The van der Waals surface area contributed by atoms with Gasteiger partial charge in [0.25, 0.3) is 0 Å². The molecule has 0 saturated heterocycles. The molecule has 1 N–H and O–H groups in total. The lowest BCUT2D eigenvalue weighted by Gasteiger charge is -2.31. The van der Waals surface area contributed by atoms with Gasteiger partial charge in [-0.1, -0.05) is 25.3 Å². The molecule has 2 rings (SSSR count). The fourth-order valence-electron chi connectivity index (χ4n) is 2.92. The van der Waals surface area contributed by atoms with E-state index >= 15 is 0 Å². The molecule has 1 aromatic carbocycles. The highest BCUT2D eigenvalue weighted by Crippen LogP contribution is 2.24. The summed E-state index contributed by atoms with van der Waals surface area (Å²) in [5.74, 6) is -1.78. The quantitative estimate of drug-likeness (QED) is 0.891. The lowest BCUT2D eigenvalue weighted by molar-refractivity contribution is 0.125. The number of nitrogens with zero attached hydrogens (tertiary/aromatic N) is 1. The number of rotatable bonds is 5. The van der Waals surface area contributed by atoms with Crippen molar-refractivity contribution in [1.29, 1.82) is 0 Å². The monoisotopic (exact) mass is 283 g/mol. The van der Waals surface area contributed by atoms with Crippen molar-refractivity contribution in [2.24, 2.45) is 0 Å². The topological polar surface area (TPSA) is 23.5 Å². The predicted molar refractivity (Wildman–Crippen MR) is 75.4 cm³/mol. The van der Waals surface area contributed by atoms with Gasteiger partial charge in [-0.05, 0) is 44.0 Å². The summed E-state index contributed by atoms with van der Waals surface area (Å²) >= 11 is 0. The highest BCUT2D eigenvalue weighted by atomic mass is 19.2. The first kappa shape index (κ1) is 15.4. The van der Waals surface area contributed by atoms with Gasteiger partial charge in [0, 0.05) is 12.6 Å². The van der Waals surface area contributed by atoms with E-state index in [1.54, 1.807) is 0 Å². The molecular weight excluding hydrogens is 260 g/mol. The highest BCUT2D eigenvalue weighted by Gasteiger charge is 2.19. The average molecular weight is 283 g/mol. The van der Waals surface area contributed by atoms with Crippen molar-refractivity contribution in [3.8, 4) is 0 Å². The van der Waals surface area contributed by atoms with Crippen LogP contribution in [0.5, 0.6) is 0 Å². The van der Waals surface area contributed by atoms with Crippen LogP contribution in [0, 0.1) is 11.6 Å². The first-order valence-corrected chi connectivity index (χ1v) is 7.41. The van der Waals surface area contributed by atoms with E-state index in [0.29, 0.717) is 18.0 Å². The fourth-order valence-corrected chi connectivity index (χ4v) is 2.92. The van der Waals surface area contributed by atoms with E-state index in [-0.39, 0.29) is 0 Å². The minimum atomic E-state index is -0.901. The average Bonchev–Trinajstić information content (AvgIpc) is 2.48. The van der Waals surface area contributed by atoms with Gasteiger partial charge in [-0.3, -0.25) is 0 Å². The molecule has 1 saturated carbocycles. The second kappa shape index (κ2) is 7.14. The number of benzene rings is 1. The molecule has 1 aliphatic carbocycles. The molecule has 1 aliphatic rings. The number of hydrogen-bond acceptors (Lipinski definition) is 2. The molecule has 1 fully saturated rings. The molecule has 112 valence electrons. The Bertz CT molecular complexity index is 432. The minimum absolute atomic E-state index is 0.445. The Hall–Kier alpha value is -1.00. The molecule has 0 radical (unpaired) electrons. The summed E-state index contributed by atoms with van der Waals surface area (Å²) in [5, 5.41) is 10.1. The van der Waals surface area contributed by atoms with Crippen LogP contribution in [0.15, 0.2) is 18.2 Å². The van der Waals surface area contributed by atoms with Gasteiger partial charge < -0.3 is 10.0 Å². The Kier molecular flexibility index (Phi) is 5.49. The highest BCUT2D eigenvalue weighted by molar-refractivity contribution is 5.19. The van der Waals surface area contributed by atoms with Crippen LogP contribution in [-0.4, -0.2) is 29.6 Å². The molecule has 1 unspecified atom stereocenters. The molecule has 4 heteroatoms. The van der Waals surface area contributed by atoms with Crippen molar-refractivity contribution >= 4 is 0 Å². The summed E-state index contributed by atoms with van der Waals surface area (Å²) in [7, 11) is 2.08. The van der Waals surface area contributed by atoms with Gasteiger partial charge in [0.1, 0.15) is 0 Å². The lowest BCUT2D eigenvalue weighted by atomic mass is 9.94. The standard InChI is InChI=1S/C16H23F2NO/c1-19(13-5-3-2-4-6-13)10-9-16(20)12-7-8-14(17)15(18)11-12/h7-8,11,13,16,20H,2-6,9-10H2,1H3. The van der Waals surface area contributed by atoms with Gasteiger partial charge in [0.05, 0.1) is 6.10 Å². The third-order valence-corrected chi connectivity index (χ3v) is 4.28. The van der Waals surface area contributed by atoms with Crippen LogP contribution in [0.4, 0.5) is 8.78 Å². The van der Waals surface area contributed by atoms with E-state index in [2.05, 4.69) is 11.9 Å². The summed E-state index contributed by atoms with van der Waals surface area (Å²) < 4.78 is 26.0. The summed E-state index contributed by atoms with van der Waals surface area (Å²) in [6, 6.07) is 4.20. The maximum atomic E-state index is 13.1. The van der Waals surface area contributed by atoms with Crippen molar-refractivity contribution in [2.75, 3.05) is 13.6 Å². The van der Waals surface area contributed by atoms with E-state index in [0.717, 1.165) is 18.7 Å². The van der Waals surface area contributed by atoms with Gasteiger partial charge in [0.2, 0.25) is 0 Å². The normalized spacial score (nSPS) is 18.4. The van der Waals surface area contributed by atoms with Gasteiger partial charge >= 0.3 is 0 Å². The summed E-state index contributed by atoms with van der Waals surface area (Å²) in [6.07, 6.45) is 6.12. The Morgan fingerprint density at radius 2 is 1.90 bits per heavy atom. The lowest BCUT2D eigenvalue weighted by Crippen LogP contribution is -2.34. The molecule has 0 aromatic heterocycles. The fraction of sp³-hybridized carbons (Fsp3) is 0.625. The maximum absolute atomic E-state index is 13.1.